The van der Waals surface area contributed by atoms with Crippen molar-refractivity contribution in [2.75, 3.05) is 13.6 Å². The van der Waals surface area contributed by atoms with Crippen LogP contribution in [0.15, 0.2) is 5.10 Å². The Kier molecular flexibility index (Phi) is 3.38. The molecule has 0 N–H and O–H groups in total. The molecule has 0 fully saturated rings. The highest BCUT2D eigenvalue weighted by Gasteiger charge is 2.22. The maximum Gasteiger partial charge on any atom is 0.118 e. The van der Waals surface area contributed by atoms with Crippen molar-refractivity contribution in [1.82, 2.24) is 9.91 Å². The van der Waals surface area contributed by atoms with Crippen molar-refractivity contribution in [3.8, 4) is 0 Å². The lowest BCUT2D eigenvalue weighted by Crippen LogP contribution is -2.37. The van der Waals surface area contributed by atoms with Crippen LogP contribution in [0.4, 0.5) is 0 Å². The molecule has 12 heavy (non-hydrogen) atoms. The highest BCUT2D eigenvalue weighted by Crippen LogP contribution is 2.15. The Balaban J connectivity index is 2.39. The predicted molar refractivity (Wildman–Crippen MR) is 51.9 cm³/mol. The van der Waals surface area contributed by atoms with Gasteiger partial charge in [0.15, 0.2) is 0 Å². The Labute approximate surface area is 75.0 Å². The summed E-state index contributed by atoms with van der Waals surface area (Å²) in [6, 6.07) is 0. The van der Waals surface area contributed by atoms with E-state index in [1.165, 1.54) is 19.3 Å². The van der Waals surface area contributed by atoms with E-state index < -0.39 is 0 Å². The summed E-state index contributed by atoms with van der Waals surface area (Å²) in [5.74, 6) is 0. The molecule has 0 aromatic carbocycles. The van der Waals surface area contributed by atoms with Gasteiger partial charge >= 0.3 is 0 Å². The summed E-state index contributed by atoms with van der Waals surface area (Å²) >= 11 is 0. The summed E-state index contributed by atoms with van der Waals surface area (Å²) in [5, 5.41) is 6.45. The molecule has 1 atom stereocenters. The van der Waals surface area contributed by atoms with Gasteiger partial charge in [0, 0.05) is 13.6 Å². The van der Waals surface area contributed by atoms with E-state index in [1.807, 2.05) is 6.34 Å². The SMILES string of the molecule is CCCCC1N(C)C=NN1CC. The van der Waals surface area contributed by atoms with E-state index in [0.29, 0.717) is 6.17 Å². The highest BCUT2D eigenvalue weighted by atomic mass is 15.6. The van der Waals surface area contributed by atoms with Gasteiger partial charge in [-0.1, -0.05) is 13.3 Å². The second-order valence-electron chi connectivity index (χ2n) is 3.27. The average molecular weight is 169 g/mol. The van der Waals surface area contributed by atoms with Gasteiger partial charge in [-0.3, -0.25) is 5.01 Å². The topological polar surface area (TPSA) is 18.8 Å². The summed E-state index contributed by atoms with van der Waals surface area (Å²) in [7, 11) is 2.10. The third-order valence-corrected chi connectivity index (χ3v) is 2.34. The molecule has 3 nitrogen and oxygen atoms in total. The van der Waals surface area contributed by atoms with Gasteiger partial charge in [-0.15, -0.1) is 0 Å². The van der Waals surface area contributed by atoms with E-state index in [4.69, 9.17) is 0 Å². The van der Waals surface area contributed by atoms with Gasteiger partial charge in [0.25, 0.3) is 0 Å². The largest absolute Gasteiger partial charge is 0.343 e. The summed E-state index contributed by atoms with van der Waals surface area (Å²) < 4.78 is 0. The molecule has 1 unspecified atom stereocenters. The van der Waals surface area contributed by atoms with Crippen molar-refractivity contribution >= 4 is 6.34 Å². The Morgan fingerprint density at radius 2 is 2.17 bits per heavy atom. The third kappa shape index (κ3) is 1.90. The number of unbranched alkanes of at least 4 members (excludes halogenated alkanes) is 1. The Hall–Kier alpha value is -0.730. The van der Waals surface area contributed by atoms with Crippen LogP contribution in [0.1, 0.15) is 33.1 Å². The number of rotatable bonds is 4. The Morgan fingerprint density at radius 1 is 1.42 bits per heavy atom. The molecule has 70 valence electrons. The first-order chi connectivity index (χ1) is 5.79. The van der Waals surface area contributed by atoms with Crippen molar-refractivity contribution in [2.24, 2.45) is 5.10 Å². The second-order valence-corrected chi connectivity index (χ2v) is 3.27. The molecule has 0 radical (unpaired) electrons. The van der Waals surface area contributed by atoms with Crippen molar-refractivity contribution in [2.45, 2.75) is 39.3 Å². The van der Waals surface area contributed by atoms with Crippen molar-refractivity contribution in [1.29, 1.82) is 0 Å². The van der Waals surface area contributed by atoms with E-state index in [9.17, 15) is 0 Å². The van der Waals surface area contributed by atoms with E-state index >= 15 is 0 Å². The lowest BCUT2D eigenvalue weighted by Gasteiger charge is -2.27. The molecule has 0 bridgehead atoms. The smallest absolute Gasteiger partial charge is 0.118 e. The fourth-order valence-electron chi connectivity index (χ4n) is 1.54. The molecular weight excluding hydrogens is 150 g/mol. The van der Waals surface area contributed by atoms with E-state index in [2.05, 4.69) is 35.9 Å². The molecule has 1 aliphatic rings. The number of hydrogen-bond acceptors (Lipinski definition) is 3. The van der Waals surface area contributed by atoms with Gasteiger partial charge in [0.05, 0.1) is 0 Å². The summed E-state index contributed by atoms with van der Waals surface area (Å²) in [6.07, 6.45) is 6.21. The van der Waals surface area contributed by atoms with Crippen LogP contribution in [0.25, 0.3) is 0 Å². The maximum absolute atomic E-state index is 4.30. The monoisotopic (exact) mass is 169 g/mol. The zero-order valence-corrected chi connectivity index (χ0v) is 8.32. The predicted octanol–water partition coefficient (Wildman–Crippen LogP) is 1.71. The van der Waals surface area contributed by atoms with E-state index in [0.717, 1.165) is 6.54 Å². The van der Waals surface area contributed by atoms with Gasteiger partial charge in [-0.05, 0) is 19.8 Å². The highest BCUT2D eigenvalue weighted by molar-refractivity contribution is 5.56. The van der Waals surface area contributed by atoms with Gasteiger partial charge < -0.3 is 4.90 Å². The van der Waals surface area contributed by atoms with Gasteiger partial charge in [0.2, 0.25) is 0 Å². The molecule has 0 aromatic heterocycles. The maximum atomic E-state index is 4.30. The molecule has 0 saturated carbocycles. The fourth-order valence-corrected chi connectivity index (χ4v) is 1.54. The van der Waals surface area contributed by atoms with E-state index in [1.54, 1.807) is 0 Å². The van der Waals surface area contributed by atoms with Crippen LogP contribution in [0.2, 0.25) is 0 Å². The standard InChI is InChI=1S/C9H19N3/c1-4-6-7-9-11(3)8-10-12(9)5-2/h8-9H,4-7H2,1-3H3. The molecule has 0 saturated heterocycles. The first-order valence-electron chi connectivity index (χ1n) is 4.82. The van der Waals surface area contributed by atoms with Crippen LogP contribution >= 0.6 is 0 Å². The zero-order chi connectivity index (χ0) is 8.97. The van der Waals surface area contributed by atoms with E-state index in [-0.39, 0.29) is 0 Å². The zero-order valence-electron chi connectivity index (χ0n) is 8.32. The Bertz CT molecular complexity index is 156. The number of hydrazone groups is 1. The van der Waals surface area contributed by atoms with Crippen molar-refractivity contribution in [3.63, 3.8) is 0 Å². The summed E-state index contributed by atoms with van der Waals surface area (Å²) in [5.41, 5.74) is 0. The molecule has 0 aromatic rings. The van der Waals surface area contributed by atoms with Crippen LogP contribution in [0, 0.1) is 0 Å². The van der Waals surface area contributed by atoms with Crippen LogP contribution in [-0.2, 0) is 0 Å². The first-order valence-corrected chi connectivity index (χ1v) is 4.82. The van der Waals surface area contributed by atoms with Crippen molar-refractivity contribution < 1.29 is 0 Å². The summed E-state index contributed by atoms with van der Waals surface area (Å²) in [6.45, 7) is 5.39. The van der Waals surface area contributed by atoms with Crippen molar-refractivity contribution in [3.05, 3.63) is 0 Å². The number of hydrogen-bond donors (Lipinski definition) is 0. The third-order valence-electron chi connectivity index (χ3n) is 2.34. The Morgan fingerprint density at radius 3 is 2.75 bits per heavy atom. The average Bonchev–Trinajstić information content (AvgIpc) is 2.43. The molecule has 0 amide bonds. The first kappa shape index (κ1) is 9.36. The molecule has 3 heteroatoms. The lowest BCUT2D eigenvalue weighted by atomic mass is 10.2. The molecule has 0 spiro atoms. The normalized spacial score (nSPS) is 22.4. The summed E-state index contributed by atoms with van der Waals surface area (Å²) in [4.78, 5) is 2.19. The van der Waals surface area contributed by atoms with Gasteiger partial charge in [-0.2, -0.15) is 5.10 Å². The van der Waals surface area contributed by atoms with Gasteiger partial charge in [-0.25, -0.2) is 0 Å². The van der Waals surface area contributed by atoms with Crippen LogP contribution in [0.5, 0.6) is 0 Å². The lowest BCUT2D eigenvalue weighted by molar-refractivity contribution is 0.142. The second kappa shape index (κ2) is 4.33. The van der Waals surface area contributed by atoms with Crippen LogP contribution in [0.3, 0.4) is 0 Å². The minimum absolute atomic E-state index is 0.509. The van der Waals surface area contributed by atoms with Crippen LogP contribution < -0.4 is 0 Å². The molecule has 1 heterocycles. The quantitative estimate of drug-likeness (QED) is 0.638. The molecule has 1 aliphatic heterocycles. The molecule has 1 rings (SSSR count). The minimum atomic E-state index is 0.509. The van der Waals surface area contributed by atoms with Crippen LogP contribution in [-0.4, -0.2) is 36.0 Å². The fraction of sp³-hybridized carbons (Fsp3) is 0.889. The minimum Gasteiger partial charge on any atom is -0.343 e. The molecular formula is C9H19N3. The number of nitrogens with zero attached hydrogens (tertiary/aromatic N) is 3. The molecule has 0 aliphatic carbocycles. The van der Waals surface area contributed by atoms with Gasteiger partial charge in [0.1, 0.15) is 12.5 Å².